The molecule has 0 aliphatic carbocycles. The number of hydrogen-bond acceptors (Lipinski definition) is 3. The van der Waals surface area contributed by atoms with Crippen molar-refractivity contribution < 1.29 is 4.79 Å². The van der Waals surface area contributed by atoms with Crippen LogP contribution in [0, 0.1) is 0 Å². The molecule has 1 saturated heterocycles. The maximum absolute atomic E-state index is 12.1. The number of carbonyl (C=O) groups is 1. The van der Waals surface area contributed by atoms with Crippen molar-refractivity contribution in [3.8, 4) is 0 Å². The Morgan fingerprint density at radius 2 is 1.89 bits per heavy atom. The van der Waals surface area contributed by atoms with Crippen LogP contribution in [0.1, 0.15) is 13.8 Å². The molecule has 18 heavy (non-hydrogen) atoms. The fourth-order valence-corrected chi connectivity index (χ4v) is 2.31. The van der Waals surface area contributed by atoms with Crippen LogP contribution in [0.5, 0.6) is 0 Å². The lowest BCUT2D eigenvalue weighted by Crippen LogP contribution is -2.55. The first kappa shape index (κ1) is 13.1. The van der Waals surface area contributed by atoms with Crippen LogP contribution >= 0.6 is 0 Å². The molecule has 1 aromatic rings. The van der Waals surface area contributed by atoms with E-state index in [0.29, 0.717) is 6.54 Å². The van der Waals surface area contributed by atoms with Gasteiger partial charge in [0, 0.05) is 30.9 Å². The predicted molar refractivity (Wildman–Crippen MR) is 73.5 cm³/mol. The van der Waals surface area contributed by atoms with E-state index in [9.17, 15) is 4.79 Å². The maximum Gasteiger partial charge on any atom is 0.241 e. The Hall–Kier alpha value is -1.39. The Labute approximate surface area is 108 Å². The van der Waals surface area contributed by atoms with Crippen LogP contribution in [-0.2, 0) is 4.79 Å². The van der Waals surface area contributed by atoms with E-state index in [1.165, 1.54) is 0 Å². The molecule has 1 amide bonds. The van der Waals surface area contributed by atoms with Crippen LogP contribution in [-0.4, -0.2) is 42.5 Å². The summed E-state index contributed by atoms with van der Waals surface area (Å²) in [7, 11) is 0. The van der Waals surface area contributed by atoms with E-state index < -0.39 is 0 Å². The van der Waals surface area contributed by atoms with Gasteiger partial charge in [0.25, 0.3) is 0 Å². The Morgan fingerprint density at radius 1 is 1.22 bits per heavy atom. The molecule has 1 aliphatic rings. The number of amides is 1. The van der Waals surface area contributed by atoms with Crippen molar-refractivity contribution >= 4 is 11.6 Å². The third kappa shape index (κ3) is 3.31. The topological polar surface area (TPSA) is 49.6 Å². The highest BCUT2D eigenvalue weighted by Gasteiger charge is 2.27. The number of nitrogens with zero attached hydrogens (tertiary/aromatic N) is 2. The summed E-state index contributed by atoms with van der Waals surface area (Å²) >= 11 is 0. The molecule has 1 fully saturated rings. The predicted octanol–water partition coefficient (Wildman–Crippen LogP) is 1.07. The van der Waals surface area contributed by atoms with E-state index in [2.05, 4.69) is 4.90 Å². The van der Waals surface area contributed by atoms with Crippen molar-refractivity contribution in [2.45, 2.75) is 19.4 Å². The molecule has 4 heteroatoms. The molecule has 0 aromatic heterocycles. The number of nitrogens with two attached hydrogens (primary N) is 1. The molecule has 1 heterocycles. The van der Waals surface area contributed by atoms with Gasteiger partial charge in [-0.05, 0) is 26.0 Å². The average Bonchev–Trinajstić information content (AvgIpc) is 2.28. The van der Waals surface area contributed by atoms with Gasteiger partial charge in [0.15, 0.2) is 0 Å². The molecule has 0 radical (unpaired) electrons. The zero-order chi connectivity index (χ0) is 13.2. The van der Waals surface area contributed by atoms with Crippen molar-refractivity contribution in [1.82, 2.24) is 4.90 Å². The van der Waals surface area contributed by atoms with Gasteiger partial charge in [-0.25, -0.2) is 0 Å². The van der Waals surface area contributed by atoms with Crippen molar-refractivity contribution in [2.24, 2.45) is 5.73 Å². The third-order valence-corrected chi connectivity index (χ3v) is 3.00. The number of piperazine rings is 1. The first-order valence-electron chi connectivity index (χ1n) is 6.32. The molecule has 0 spiro atoms. The molecule has 0 atom stereocenters. The van der Waals surface area contributed by atoms with E-state index in [0.717, 1.165) is 25.3 Å². The van der Waals surface area contributed by atoms with Crippen LogP contribution in [0.3, 0.4) is 0 Å². The van der Waals surface area contributed by atoms with Gasteiger partial charge in [-0.2, -0.15) is 0 Å². The fraction of sp³-hybridized carbons (Fsp3) is 0.500. The highest BCUT2D eigenvalue weighted by molar-refractivity contribution is 5.95. The zero-order valence-corrected chi connectivity index (χ0v) is 11.1. The molecule has 4 nitrogen and oxygen atoms in total. The Morgan fingerprint density at radius 3 is 2.44 bits per heavy atom. The van der Waals surface area contributed by atoms with Crippen LogP contribution < -0.4 is 10.6 Å². The summed E-state index contributed by atoms with van der Waals surface area (Å²) in [6, 6.07) is 9.82. The molecular weight excluding hydrogens is 226 g/mol. The summed E-state index contributed by atoms with van der Waals surface area (Å²) in [5.41, 5.74) is 6.72. The van der Waals surface area contributed by atoms with Crippen LogP contribution in [0.2, 0.25) is 0 Å². The lowest BCUT2D eigenvalue weighted by Gasteiger charge is -2.37. The minimum atomic E-state index is -0.255. The van der Waals surface area contributed by atoms with Crippen LogP contribution in [0.25, 0.3) is 0 Å². The Balaban J connectivity index is 1.99. The quantitative estimate of drug-likeness (QED) is 0.869. The van der Waals surface area contributed by atoms with Crippen LogP contribution in [0.15, 0.2) is 30.3 Å². The molecule has 0 bridgehead atoms. The number of rotatable bonds is 3. The summed E-state index contributed by atoms with van der Waals surface area (Å²) in [6.45, 7) is 6.79. The second-order valence-corrected chi connectivity index (χ2v) is 5.58. The molecule has 1 aromatic carbocycles. The molecule has 98 valence electrons. The lowest BCUT2D eigenvalue weighted by atomic mass is 10.1. The summed E-state index contributed by atoms with van der Waals surface area (Å²) in [4.78, 5) is 16.1. The van der Waals surface area contributed by atoms with E-state index in [4.69, 9.17) is 5.73 Å². The molecular formula is C14H21N3O. The minimum absolute atomic E-state index is 0.150. The van der Waals surface area contributed by atoms with E-state index in [-0.39, 0.29) is 11.4 Å². The van der Waals surface area contributed by atoms with Crippen molar-refractivity contribution in [3.63, 3.8) is 0 Å². The lowest BCUT2D eigenvalue weighted by molar-refractivity contribution is -0.121. The molecule has 1 aliphatic heterocycles. The number of para-hydroxylation sites is 1. The van der Waals surface area contributed by atoms with Gasteiger partial charge in [0.05, 0.1) is 6.54 Å². The summed E-state index contributed by atoms with van der Waals surface area (Å²) < 4.78 is 0. The standard InChI is InChI=1S/C14H21N3O/c1-14(2,15)11-16-8-9-17(13(18)10-16)12-6-4-3-5-7-12/h3-7H,8-11,15H2,1-2H3. The van der Waals surface area contributed by atoms with Gasteiger partial charge in [-0.1, -0.05) is 18.2 Å². The molecule has 2 rings (SSSR count). The van der Waals surface area contributed by atoms with Gasteiger partial charge in [-0.15, -0.1) is 0 Å². The van der Waals surface area contributed by atoms with E-state index >= 15 is 0 Å². The number of hydrogen-bond donors (Lipinski definition) is 1. The second-order valence-electron chi connectivity index (χ2n) is 5.58. The third-order valence-electron chi connectivity index (χ3n) is 3.00. The minimum Gasteiger partial charge on any atom is -0.324 e. The van der Waals surface area contributed by atoms with E-state index in [1.807, 2.05) is 49.1 Å². The number of anilines is 1. The monoisotopic (exact) mass is 247 g/mol. The smallest absolute Gasteiger partial charge is 0.241 e. The van der Waals surface area contributed by atoms with Crippen molar-refractivity contribution in [1.29, 1.82) is 0 Å². The van der Waals surface area contributed by atoms with Gasteiger partial charge in [0.1, 0.15) is 0 Å². The summed E-state index contributed by atoms with van der Waals surface area (Å²) in [6.07, 6.45) is 0. The Kier molecular flexibility index (Phi) is 3.68. The first-order valence-corrected chi connectivity index (χ1v) is 6.32. The molecule has 0 saturated carbocycles. The average molecular weight is 247 g/mol. The Bertz CT molecular complexity index is 411. The maximum atomic E-state index is 12.1. The summed E-state index contributed by atoms with van der Waals surface area (Å²) in [5, 5.41) is 0. The number of benzene rings is 1. The molecule has 0 unspecified atom stereocenters. The highest BCUT2D eigenvalue weighted by atomic mass is 16.2. The van der Waals surface area contributed by atoms with Gasteiger partial charge in [0.2, 0.25) is 5.91 Å². The zero-order valence-electron chi connectivity index (χ0n) is 11.1. The van der Waals surface area contributed by atoms with Gasteiger partial charge < -0.3 is 10.6 Å². The van der Waals surface area contributed by atoms with Crippen LogP contribution in [0.4, 0.5) is 5.69 Å². The normalized spacial score (nSPS) is 18.2. The van der Waals surface area contributed by atoms with Gasteiger partial charge >= 0.3 is 0 Å². The SMILES string of the molecule is CC(C)(N)CN1CCN(c2ccccc2)C(=O)C1. The van der Waals surface area contributed by atoms with E-state index in [1.54, 1.807) is 0 Å². The van der Waals surface area contributed by atoms with Crippen molar-refractivity contribution in [3.05, 3.63) is 30.3 Å². The fourth-order valence-electron chi connectivity index (χ4n) is 2.31. The highest BCUT2D eigenvalue weighted by Crippen LogP contribution is 2.17. The largest absolute Gasteiger partial charge is 0.324 e. The number of carbonyl (C=O) groups excluding carboxylic acids is 1. The second kappa shape index (κ2) is 5.08. The first-order chi connectivity index (χ1) is 8.46. The van der Waals surface area contributed by atoms with Gasteiger partial charge in [-0.3, -0.25) is 9.69 Å². The van der Waals surface area contributed by atoms with Crippen molar-refractivity contribution in [2.75, 3.05) is 31.1 Å². The molecule has 2 N–H and O–H groups in total. The summed E-state index contributed by atoms with van der Waals surface area (Å²) in [5.74, 6) is 0.150.